The van der Waals surface area contributed by atoms with Crippen LogP contribution in [0.15, 0.2) is 12.7 Å². The SMILES string of the molecule is C=CCOC(=O)c1[nH]c2c(c1C)C(=O)[C@H](C(=O)OC)[C@@H](C)C2. The molecule has 1 aromatic heterocycles. The lowest BCUT2D eigenvalue weighted by atomic mass is 9.77. The number of hydrogen-bond donors (Lipinski definition) is 1. The van der Waals surface area contributed by atoms with E-state index in [9.17, 15) is 14.4 Å². The predicted molar refractivity (Wildman–Crippen MR) is 78.7 cm³/mol. The van der Waals surface area contributed by atoms with E-state index in [1.165, 1.54) is 13.2 Å². The van der Waals surface area contributed by atoms with Crippen molar-refractivity contribution in [2.75, 3.05) is 13.7 Å². The third-order valence-electron chi connectivity index (χ3n) is 3.94. The molecular formula is C16H19NO5. The van der Waals surface area contributed by atoms with E-state index in [-0.39, 0.29) is 24.0 Å². The van der Waals surface area contributed by atoms with Crippen LogP contribution in [0.5, 0.6) is 0 Å². The molecule has 0 spiro atoms. The molecule has 1 aliphatic rings. The first-order valence-corrected chi connectivity index (χ1v) is 7.03. The smallest absolute Gasteiger partial charge is 0.355 e. The van der Waals surface area contributed by atoms with Gasteiger partial charge in [-0.25, -0.2) is 4.79 Å². The number of H-pyrrole nitrogens is 1. The van der Waals surface area contributed by atoms with Crippen molar-refractivity contribution in [1.29, 1.82) is 0 Å². The van der Waals surface area contributed by atoms with Gasteiger partial charge in [-0.05, 0) is 24.8 Å². The third kappa shape index (κ3) is 2.56. The minimum absolute atomic E-state index is 0.0943. The van der Waals surface area contributed by atoms with Gasteiger partial charge < -0.3 is 14.5 Å². The molecule has 6 heteroatoms. The Balaban J connectivity index is 2.40. The van der Waals surface area contributed by atoms with E-state index in [4.69, 9.17) is 9.47 Å². The Bertz CT molecular complexity index is 643. The minimum atomic E-state index is -0.830. The Morgan fingerprint density at radius 1 is 1.45 bits per heavy atom. The first-order valence-electron chi connectivity index (χ1n) is 7.03. The third-order valence-corrected chi connectivity index (χ3v) is 3.94. The van der Waals surface area contributed by atoms with E-state index in [2.05, 4.69) is 11.6 Å². The summed E-state index contributed by atoms with van der Waals surface area (Å²) in [5.41, 5.74) is 1.83. The van der Waals surface area contributed by atoms with E-state index >= 15 is 0 Å². The molecule has 1 aromatic rings. The van der Waals surface area contributed by atoms with E-state index in [1.54, 1.807) is 6.92 Å². The largest absolute Gasteiger partial charge is 0.468 e. The van der Waals surface area contributed by atoms with Gasteiger partial charge in [0.25, 0.3) is 0 Å². The first-order chi connectivity index (χ1) is 10.4. The minimum Gasteiger partial charge on any atom is -0.468 e. The van der Waals surface area contributed by atoms with Gasteiger partial charge in [0.2, 0.25) is 0 Å². The molecule has 1 N–H and O–H groups in total. The molecule has 0 saturated heterocycles. The Labute approximate surface area is 128 Å². The van der Waals surface area contributed by atoms with Gasteiger partial charge in [-0.1, -0.05) is 19.6 Å². The molecule has 0 radical (unpaired) electrons. The fraction of sp³-hybridized carbons (Fsp3) is 0.438. The number of aromatic amines is 1. The Morgan fingerprint density at radius 2 is 2.14 bits per heavy atom. The maximum Gasteiger partial charge on any atom is 0.355 e. The normalized spacial score (nSPS) is 20.2. The lowest BCUT2D eigenvalue weighted by Gasteiger charge is -2.25. The van der Waals surface area contributed by atoms with Crippen LogP contribution in [-0.2, 0) is 20.7 Å². The van der Waals surface area contributed by atoms with E-state index in [0.29, 0.717) is 23.2 Å². The molecule has 0 saturated carbocycles. The average Bonchev–Trinajstić information content (AvgIpc) is 2.81. The number of carbonyl (C=O) groups excluding carboxylic acids is 3. The Hall–Kier alpha value is -2.37. The second-order valence-corrected chi connectivity index (χ2v) is 5.41. The fourth-order valence-corrected chi connectivity index (χ4v) is 2.88. The molecule has 22 heavy (non-hydrogen) atoms. The first kappa shape index (κ1) is 16.0. The van der Waals surface area contributed by atoms with E-state index < -0.39 is 17.9 Å². The second kappa shape index (κ2) is 6.17. The highest BCUT2D eigenvalue weighted by atomic mass is 16.5. The molecule has 0 aliphatic heterocycles. The van der Waals surface area contributed by atoms with Crippen molar-refractivity contribution in [2.24, 2.45) is 11.8 Å². The number of carbonyl (C=O) groups is 3. The van der Waals surface area contributed by atoms with Crippen molar-refractivity contribution < 1.29 is 23.9 Å². The molecule has 0 fully saturated rings. The molecule has 0 aromatic carbocycles. The lowest BCUT2D eigenvalue weighted by molar-refractivity contribution is -0.145. The summed E-state index contributed by atoms with van der Waals surface area (Å²) >= 11 is 0. The Morgan fingerprint density at radius 3 is 2.73 bits per heavy atom. The maximum atomic E-state index is 12.6. The van der Waals surface area contributed by atoms with Crippen molar-refractivity contribution in [3.8, 4) is 0 Å². The van der Waals surface area contributed by atoms with Crippen LogP contribution in [0.4, 0.5) is 0 Å². The Kier molecular flexibility index (Phi) is 4.49. The molecule has 1 heterocycles. The molecule has 2 atom stereocenters. The molecule has 0 amide bonds. The number of nitrogens with one attached hydrogen (secondary N) is 1. The van der Waals surface area contributed by atoms with Crippen molar-refractivity contribution in [3.63, 3.8) is 0 Å². The lowest BCUT2D eigenvalue weighted by Crippen LogP contribution is -2.36. The van der Waals surface area contributed by atoms with Gasteiger partial charge in [-0.3, -0.25) is 9.59 Å². The van der Waals surface area contributed by atoms with Crippen LogP contribution in [0, 0.1) is 18.8 Å². The summed E-state index contributed by atoms with van der Waals surface area (Å²) in [5.74, 6) is -2.41. The highest BCUT2D eigenvalue weighted by Gasteiger charge is 2.41. The second-order valence-electron chi connectivity index (χ2n) is 5.41. The predicted octanol–water partition coefficient (Wildman–Crippen LogP) is 1.83. The zero-order chi connectivity index (χ0) is 16.4. The highest BCUT2D eigenvalue weighted by molar-refractivity contribution is 6.12. The number of hydrogen-bond acceptors (Lipinski definition) is 5. The topological polar surface area (TPSA) is 85.5 Å². The molecule has 2 rings (SSSR count). The number of esters is 2. The van der Waals surface area contributed by atoms with Gasteiger partial charge in [0, 0.05) is 11.3 Å². The summed E-state index contributed by atoms with van der Waals surface area (Å²) < 4.78 is 9.72. The molecular weight excluding hydrogens is 286 g/mol. The molecule has 0 bridgehead atoms. The van der Waals surface area contributed by atoms with Crippen molar-refractivity contribution >= 4 is 17.7 Å². The number of methoxy groups -OCH3 is 1. The summed E-state index contributed by atoms with van der Waals surface area (Å²) in [5, 5.41) is 0. The van der Waals surface area contributed by atoms with Crippen LogP contribution < -0.4 is 0 Å². The van der Waals surface area contributed by atoms with Crippen LogP contribution in [-0.4, -0.2) is 36.4 Å². The zero-order valence-corrected chi connectivity index (χ0v) is 12.9. The van der Waals surface area contributed by atoms with Gasteiger partial charge in [0.15, 0.2) is 5.78 Å². The van der Waals surface area contributed by atoms with Gasteiger partial charge in [0.1, 0.15) is 18.2 Å². The quantitative estimate of drug-likeness (QED) is 0.521. The number of aromatic nitrogens is 1. The molecule has 0 unspecified atom stereocenters. The summed E-state index contributed by atoms with van der Waals surface area (Å²) in [6.45, 7) is 7.06. The summed E-state index contributed by atoms with van der Waals surface area (Å²) in [7, 11) is 1.26. The summed E-state index contributed by atoms with van der Waals surface area (Å²) in [6.07, 6.45) is 1.97. The van der Waals surface area contributed by atoms with Crippen LogP contribution >= 0.6 is 0 Å². The highest BCUT2D eigenvalue weighted by Crippen LogP contribution is 2.34. The number of rotatable bonds is 4. The summed E-state index contributed by atoms with van der Waals surface area (Å²) in [6, 6.07) is 0. The average molecular weight is 305 g/mol. The van der Waals surface area contributed by atoms with E-state index in [0.717, 1.165) is 0 Å². The number of ether oxygens (including phenoxy) is 2. The molecule has 118 valence electrons. The van der Waals surface area contributed by atoms with Gasteiger partial charge in [0.05, 0.1) is 7.11 Å². The molecule has 1 aliphatic carbocycles. The van der Waals surface area contributed by atoms with Gasteiger partial charge >= 0.3 is 11.9 Å². The van der Waals surface area contributed by atoms with Crippen LogP contribution in [0.3, 0.4) is 0 Å². The number of ketones is 1. The summed E-state index contributed by atoms with van der Waals surface area (Å²) in [4.78, 5) is 39.4. The number of fused-ring (bicyclic) bond motifs is 1. The van der Waals surface area contributed by atoms with Gasteiger partial charge in [-0.2, -0.15) is 0 Å². The van der Waals surface area contributed by atoms with Crippen molar-refractivity contribution in [1.82, 2.24) is 4.98 Å². The zero-order valence-electron chi connectivity index (χ0n) is 12.9. The van der Waals surface area contributed by atoms with Crippen molar-refractivity contribution in [2.45, 2.75) is 20.3 Å². The van der Waals surface area contributed by atoms with Gasteiger partial charge in [-0.15, -0.1) is 0 Å². The fourth-order valence-electron chi connectivity index (χ4n) is 2.88. The monoisotopic (exact) mass is 305 g/mol. The van der Waals surface area contributed by atoms with Crippen LogP contribution in [0.1, 0.15) is 39.0 Å². The van der Waals surface area contributed by atoms with E-state index in [1.807, 2.05) is 6.92 Å². The van der Waals surface area contributed by atoms with Crippen LogP contribution in [0.25, 0.3) is 0 Å². The number of Topliss-reactive ketones (excluding diaryl/α,β-unsaturated/α-hetero) is 1. The maximum absolute atomic E-state index is 12.6. The molecule has 6 nitrogen and oxygen atoms in total. The standard InChI is InChI=1S/C16H19NO5/c1-5-6-22-16(20)13-9(3)12-10(17-13)7-8(2)11(14(12)18)15(19)21-4/h5,8,11,17H,1,6-7H2,2-4H3/t8-,11+/m0/s1. The van der Waals surface area contributed by atoms with Crippen molar-refractivity contribution in [3.05, 3.63) is 35.2 Å². The van der Waals surface area contributed by atoms with Crippen LogP contribution in [0.2, 0.25) is 0 Å².